The number of halogens is 3. The Kier molecular flexibility index (Phi) is 7.07. The Morgan fingerprint density at radius 3 is 2.80 bits per heavy atom. The lowest BCUT2D eigenvalue weighted by molar-refractivity contribution is -0.113. The summed E-state index contributed by atoms with van der Waals surface area (Å²) in [5.41, 5.74) is 0.544. The summed E-state index contributed by atoms with van der Waals surface area (Å²) in [5, 5.41) is 11.7. The zero-order valence-corrected chi connectivity index (χ0v) is 17.4. The number of anilines is 1. The molecule has 1 N–H and O–H groups in total. The van der Waals surface area contributed by atoms with Crippen LogP contribution in [0.2, 0.25) is 5.02 Å². The number of thioether (sulfide) groups is 1. The first kappa shape index (κ1) is 21.8. The third-order valence-electron chi connectivity index (χ3n) is 3.97. The highest BCUT2D eigenvalue weighted by Gasteiger charge is 2.18. The van der Waals surface area contributed by atoms with Gasteiger partial charge in [-0.05, 0) is 30.3 Å². The summed E-state index contributed by atoms with van der Waals surface area (Å²) in [4.78, 5) is 12.2. The van der Waals surface area contributed by atoms with Gasteiger partial charge in [0.2, 0.25) is 5.91 Å². The van der Waals surface area contributed by atoms with Gasteiger partial charge in [0.05, 0.1) is 24.1 Å². The Morgan fingerprint density at radius 2 is 2.10 bits per heavy atom. The van der Waals surface area contributed by atoms with E-state index >= 15 is 0 Å². The highest BCUT2D eigenvalue weighted by molar-refractivity contribution is 7.99. The maximum atomic E-state index is 13.7. The zero-order valence-electron chi connectivity index (χ0n) is 15.9. The van der Waals surface area contributed by atoms with Gasteiger partial charge in [-0.25, -0.2) is 8.78 Å². The lowest BCUT2D eigenvalue weighted by Gasteiger charge is -2.11. The molecule has 0 bridgehead atoms. The smallest absolute Gasteiger partial charge is 0.234 e. The first-order valence-corrected chi connectivity index (χ1v) is 10.0. The van der Waals surface area contributed by atoms with E-state index < -0.39 is 17.5 Å². The maximum Gasteiger partial charge on any atom is 0.234 e. The molecule has 3 rings (SSSR count). The SMILES string of the molecule is C=CCn1c(SCC(=O)Nc2ccc(F)cc2F)nnc1-c1cc(Cl)ccc1OC. The van der Waals surface area contributed by atoms with Crippen molar-refractivity contribution in [1.82, 2.24) is 14.8 Å². The van der Waals surface area contributed by atoms with Gasteiger partial charge in [-0.1, -0.05) is 29.4 Å². The Morgan fingerprint density at radius 1 is 1.30 bits per heavy atom. The van der Waals surface area contributed by atoms with Crippen LogP contribution >= 0.6 is 23.4 Å². The number of carbonyl (C=O) groups excluding carboxylic acids is 1. The zero-order chi connectivity index (χ0) is 21.7. The van der Waals surface area contributed by atoms with Crippen LogP contribution in [0.3, 0.4) is 0 Å². The molecule has 156 valence electrons. The predicted octanol–water partition coefficient (Wildman–Crippen LogP) is 4.80. The fraction of sp³-hybridized carbons (Fsp3) is 0.150. The van der Waals surface area contributed by atoms with E-state index in [0.29, 0.717) is 39.9 Å². The standard InChI is InChI=1S/C20H17ClF2N4O2S/c1-3-8-27-19(14-9-12(21)4-7-17(14)29-2)25-26-20(27)30-11-18(28)24-16-6-5-13(22)10-15(16)23/h3-7,9-10H,1,8,11H2,2H3,(H,24,28). The van der Waals surface area contributed by atoms with Crippen molar-refractivity contribution in [3.63, 3.8) is 0 Å². The van der Waals surface area contributed by atoms with Crippen LogP contribution in [0.15, 0.2) is 54.2 Å². The van der Waals surface area contributed by atoms with E-state index in [4.69, 9.17) is 16.3 Å². The fourth-order valence-electron chi connectivity index (χ4n) is 2.65. The summed E-state index contributed by atoms with van der Waals surface area (Å²) in [6, 6.07) is 8.07. The van der Waals surface area contributed by atoms with E-state index in [0.717, 1.165) is 23.9 Å². The summed E-state index contributed by atoms with van der Waals surface area (Å²) in [7, 11) is 1.54. The molecule has 6 nitrogen and oxygen atoms in total. The molecular weight excluding hydrogens is 434 g/mol. The van der Waals surface area contributed by atoms with E-state index in [1.54, 1.807) is 28.8 Å². The molecule has 3 aromatic rings. The predicted molar refractivity (Wildman–Crippen MR) is 113 cm³/mol. The number of benzene rings is 2. The molecule has 0 fully saturated rings. The molecule has 0 aliphatic rings. The van der Waals surface area contributed by atoms with Crippen LogP contribution in [0.5, 0.6) is 5.75 Å². The number of allylic oxidation sites excluding steroid dienone is 1. The monoisotopic (exact) mass is 450 g/mol. The fourth-order valence-corrected chi connectivity index (χ4v) is 3.57. The van der Waals surface area contributed by atoms with E-state index in [2.05, 4.69) is 22.1 Å². The maximum absolute atomic E-state index is 13.7. The number of hydrogen-bond acceptors (Lipinski definition) is 5. The van der Waals surface area contributed by atoms with Crippen LogP contribution in [0.4, 0.5) is 14.5 Å². The molecule has 30 heavy (non-hydrogen) atoms. The molecular formula is C20H17ClF2N4O2S. The van der Waals surface area contributed by atoms with Crippen molar-refractivity contribution in [2.75, 3.05) is 18.2 Å². The second-order valence-corrected chi connectivity index (χ2v) is 7.39. The first-order chi connectivity index (χ1) is 14.4. The van der Waals surface area contributed by atoms with Gasteiger partial charge >= 0.3 is 0 Å². The molecule has 0 spiro atoms. The molecule has 2 aromatic carbocycles. The number of nitrogens with one attached hydrogen (secondary N) is 1. The van der Waals surface area contributed by atoms with Gasteiger partial charge < -0.3 is 10.1 Å². The number of aromatic nitrogens is 3. The van der Waals surface area contributed by atoms with Crippen LogP contribution in [-0.4, -0.2) is 33.5 Å². The molecule has 10 heteroatoms. The quantitative estimate of drug-likeness (QED) is 0.394. The molecule has 0 aliphatic heterocycles. The largest absolute Gasteiger partial charge is 0.496 e. The van der Waals surface area contributed by atoms with Gasteiger partial charge in [0.1, 0.15) is 17.4 Å². The number of methoxy groups -OCH3 is 1. The van der Waals surface area contributed by atoms with Crippen molar-refractivity contribution >= 4 is 35.0 Å². The summed E-state index contributed by atoms with van der Waals surface area (Å²) in [5.74, 6) is -1.03. The van der Waals surface area contributed by atoms with Gasteiger partial charge in [-0.2, -0.15) is 0 Å². The van der Waals surface area contributed by atoms with Crippen LogP contribution in [0, 0.1) is 11.6 Å². The Balaban J connectivity index is 1.79. The second-order valence-electron chi connectivity index (χ2n) is 6.01. The summed E-state index contributed by atoms with van der Waals surface area (Å²) in [6.45, 7) is 4.13. The number of ether oxygens (including phenoxy) is 1. The minimum atomic E-state index is -0.849. The van der Waals surface area contributed by atoms with Gasteiger partial charge in [-0.15, -0.1) is 16.8 Å². The van der Waals surface area contributed by atoms with Crippen molar-refractivity contribution in [2.24, 2.45) is 0 Å². The number of carbonyl (C=O) groups is 1. The lowest BCUT2D eigenvalue weighted by Crippen LogP contribution is -2.15. The number of amides is 1. The van der Waals surface area contributed by atoms with Crippen molar-refractivity contribution in [2.45, 2.75) is 11.7 Å². The van der Waals surface area contributed by atoms with Gasteiger partial charge in [0.15, 0.2) is 11.0 Å². The molecule has 0 atom stereocenters. The molecule has 0 aliphatic carbocycles. The molecule has 0 radical (unpaired) electrons. The molecule has 1 aromatic heterocycles. The van der Waals surface area contributed by atoms with Gasteiger partial charge in [0.25, 0.3) is 0 Å². The number of hydrogen-bond donors (Lipinski definition) is 1. The average Bonchev–Trinajstić information content (AvgIpc) is 3.11. The lowest BCUT2D eigenvalue weighted by atomic mass is 10.2. The van der Waals surface area contributed by atoms with Crippen LogP contribution < -0.4 is 10.1 Å². The summed E-state index contributed by atoms with van der Waals surface area (Å²) < 4.78 is 33.8. The Hall–Kier alpha value is -2.91. The van der Waals surface area contributed by atoms with Crippen molar-refractivity contribution < 1.29 is 18.3 Å². The third-order valence-corrected chi connectivity index (χ3v) is 5.17. The first-order valence-electron chi connectivity index (χ1n) is 8.68. The number of nitrogens with zero attached hydrogens (tertiary/aromatic N) is 3. The van der Waals surface area contributed by atoms with Crippen molar-refractivity contribution in [1.29, 1.82) is 0 Å². The van der Waals surface area contributed by atoms with Crippen LogP contribution in [0.25, 0.3) is 11.4 Å². The second kappa shape index (κ2) is 9.73. The Bertz CT molecular complexity index is 1090. The van der Waals surface area contributed by atoms with Crippen molar-refractivity contribution in [3.05, 3.63) is 65.7 Å². The normalized spacial score (nSPS) is 10.7. The molecule has 0 saturated heterocycles. The molecule has 0 saturated carbocycles. The highest BCUT2D eigenvalue weighted by Crippen LogP contribution is 2.33. The molecule has 1 amide bonds. The topological polar surface area (TPSA) is 69.0 Å². The van der Waals surface area contributed by atoms with Gasteiger partial charge in [0, 0.05) is 17.6 Å². The molecule has 1 heterocycles. The van der Waals surface area contributed by atoms with E-state index in [1.165, 1.54) is 7.11 Å². The Labute approximate surface area is 180 Å². The molecule has 0 unspecified atom stereocenters. The summed E-state index contributed by atoms with van der Waals surface area (Å²) in [6.07, 6.45) is 1.67. The van der Waals surface area contributed by atoms with E-state index in [1.807, 2.05) is 0 Å². The third kappa shape index (κ3) is 4.98. The highest BCUT2D eigenvalue weighted by atomic mass is 35.5. The van der Waals surface area contributed by atoms with Crippen LogP contribution in [0.1, 0.15) is 0 Å². The van der Waals surface area contributed by atoms with Crippen molar-refractivity contribution in [3.8, 4) is 17.1 Å². The summed E-state index contributed by atoms with van der Waals surface area (Å²) >= 11 is 7.23. The minimum Gasteiger partial charge on any atom is -0.496 e. The van der Waals surface area contributed by atoms with Gasteiger partial charge in [-0.3, -0.25) is 9.36 Å². The van der Waals surface area contributed by atoms with Crippen LogP contribution in [-0.2, 0) is 11.3 Å². The minimum absolute atomic E-state index is 0.0568. The number of rotatable bonds is 8. The van der Waals surface area contributed by atoms with E-state index in [9.17, 15) is 13.6 Å². The average molecular weight is 451 g/mol. The van der Waals surface area contributed by atoms with E-state index in [-0.39, 0.29) is 11.4 Å².